The predicted molar refractivity (Wildman–Crippen MR) is 44.4 cm³/mol. The van der Waals surface area contributed by atoms with E-state index in [0.717, 1.165) is 24.3 Å². The van der Waals surface area contributed by atoms with Crippen LogP contribution >= 0.6 is 0 Å². The molecule has 0 radical (unpaired) electrons. The normalized spacial score (nSPS) is 13.6. The predicted octanol–water partition coefficient (Wildman–Crippen LogP) is 1.98. The fourth-order valence-electron chi connectivity index (χ4n) is 1.03. The maximum Gasteiger partial charge on any atom is 0.418 e. The lowest BCUT2D eigenvalue weighted by molar-refractivity contribution is -0.206. The Morgan fingerprint density at radius 1 is 1.33 bits per heavy atom. The number of carbonyl (C=O) groups is 1. The van der Waals surface area contributed by atoms with Crippen LogP contribution in [-0.4, -0.2) is 22.4 Å². The molecular weight excluding hydrogens is 213 g/mol. The van der Waals surface area contributed by atoms with Gasteiger partial charge in [0.05, 0.1) is 5.56 Å². The number of aliphatic hydroxyl groups is 1. The molecule has 1 unspecified atom stereocenters. The van der Waals surface area contributed by atoms with Crippen LogP contribution in [0.5, 0.6) is 0 Å². The zero-order valence-electron chi connectivity index (χ0n) is 7.32. The van der Waals surface area contributed by atoms with Gasteiger partial charge in [0.15, 0.2) is 6.10 Å². The van der Waals surface area contributed by atoms with Crippen LogP contribution < -0.4 is 0 Å². The van der Waals surface area contributed by atoms with E-state index in [1.165, 1.54) is 0 Å². The molecule has 1 atom stereocenters. The standard InChI is InChI=1S/C9H7F3O3/c10-9(11,12)7(13)5-2-1-3-6(4-5)8(14)15/h1-4,7,13H,(H,14,15). The summed E-state index contributed by atoms with van der Waals surface area (Å²) < 4.78 is 36.2. The molecule has 0 saturated heterocycles. The quantitative estimate of drug-likeness (QED) is 0.801. The molecule has 1 rings (SSSR count). The van der Waals surface area contributed by atoms with Crippen LogP contribution in [0.15, 0.2) is 24.3 Å². The van der Waals surface area contributed by atoms with Crippen molar-refractivity contribution >= 4 is 5.97 Å². The van der Waals surface area contributed by atoms with Crippen molar-refractivity contribution in [2.75, 3.05) is 0 Å². The highest BCUT2D eigenvalue weighted by Gasteiger charge is 2.39. The van der Waals surface area contributed by atoms with Crippen molar-refractivity contribution in [1.82, 2.24) is 0 Å². The second-order valence-corrected chi connectivity index (χ2v) is 2.87. The average Bonchev–Trinajstić information content (AvgIpc) is 2.15. The molecule has 0 fully saturated rings. The molecule has 15 heavy (non-hydrogen) atoms. The van der Waals surface area contributed by atoms with E-state index >= 15 is 0 Å². The number of rotatable bonds is 2. The zero-order chi connectivity index (χ0) is 11.6. The third-order valence-electron chi connectivity index (χ3n) is 1.76. The molecule has 82 valence electrons. The van der Waals surface area contributed by atoms with Crippen LogP contribution in [0.1, 0.15) is 22.0 Å². The second kappa shape index (κ2) is 3.90. The first-order chi connectivity index (χ1) is 6.82. The van der Waals surface area contributed by atoms with E-state index in [-0.39, 0.29) is 5.56 Å². The van der Waals surface area contributed by atoms with Crippen LogP contribution in [-0.2, 0) is 0 Å². The Hall–Kier alpha value is -1.56. The van der Waals surface area contributed by atoms with Gasteiger partial charge in [-0.15, -0.1) is 0 Å². The second-order valence-electron chi connectivity index (χ2n) is 2.87. The number of carboxylic acid groups (broad SMARTS) is 1. The van der Waals surface area contributed by atoms with Gasteiger partial charge in [0.25, 0.3) is 0 Å². The monoisotopic (exact) mass is 220 g/mol. The Balaban J connectivity index is 3.06. The van der Waals surface area contributed by atoms with E-state index in [9.17, 15) is 18.0 Å². The van der Waals surface area contributed by atoms with E-state index in [1.807, 2.05) is 0 Å². The van der Waals surface area contributed by atoms with Crippen molar-refractivity contribution in [3.8, 4) is 0 Å². The SMILES string of the molecule is O=C(O)c1cccc(C(O)C(F)(F)F)c1. The summed E-state index contributed by atoms with van der Waals surface area (Å²) in [4.78, 5) is 10.5. The summed E-state index contributed by atoms with van der Waals surface area (Å²) in [6.07, 6.45) is -7.45. The molecule has 6 heteroatoms. The maximum absolute atomic E-state index is 12.1. The van der Waals surface area contributed by atoms with E-state index in [4.69, 9.17) is 10.2 Å². The topological polar surface area (TPSA) is 57.5 Å². The molecule has 1 aromatic carbocycles. The minimum atomic E-state index is -4.79. The van der Waals surface area contributed by atoms with Gasteiger partial charge in [-0.25, -0.2) is 4.79 Å². The van der Waals surface area contributed by atoms with Gasteiger partial charge in [-0.3, -0.25) is 0 Å². The first-order valence-corrected chi connectivity index (χ1v) is 3.90. The smallest absolute Gasteiger partial charge is 0.418 e. The van der Waals surface area contributed by atoms with Gasteiger partial charge < -0.3 is 10.2 Å². The minimum Gasteiger partial charge on any atom is -0.478 e. The van der Waals surface area contributed by atoms with Crippen molar-refractivity contribution in [2.24, 2.45) is 0 Å². The van der Waals surface area contributed by atoms with E-state index in [2.05, 4.69) is 0 Å². The molecule has 1 aromatic rings. The third kappa shape index (κ3) is 2.69. The molecule has 0 saturated carbocycles. The van der Waals surface area contributed by atoms with Gasteiger partial charge in [-0.2, -0.15) is 13.2 Å². The van der Waals surface area contributed by atoms with Gasteiger partial charge in [0.1, 0.15) is 0 Å². The average molecular weight is 220 g/mol. The highest BCUT2D eigenvalue weighted by atomic mass is 19.4. The number of alkyl halides is 3. The Bertz CT molecular complexity index is 373. The van der Waals surface area contributed by atoms with Crippen molar-refractivity contribution in [1.29, 1.82) is 0 Å². The zero-order valence-corrected chi connectivity index (χ0v) is 7.32. The highest BCUT2D eigenvalue weighted by molar-refractivity contribution is 5.87. The Kier molecular flexibility index (Phi) is 2.99. The van der Waals surface area contributed by atoms with Crippen LogP contribution in [0, 0.1) is 0 Å². The summed E-state index contributed by atoms with van der Waals surface area (Å²) in [5, 5.41) is 17.4. The number of aliphatic hydroxyl groups excluding tert-OH is 1. The van der Waals surface area contributed by atoms with Gasteiger partial charge in [0.2, 0.25) is 0 Å². The number of hydrogen-bond donors (Lipinski definition) is 2. The van der Waals surface area contributed by atoms with Gasteiger partial charge in [-0.1, -0.05) is 12.1 Å². The van der Waals surface area contributed by atoms with Crippen LogP contribution in [0.25, 0.3) is 0 Å². The van der Waals surface area contributed by atoms with Crippen LogP contribution in [0.4, 0.5) is 13.2 Å². The van der Waals surface area contributed by atoms with Crippen molar-refractivity contribution in [2.45, 2.75) is 12.3 Å². The van der Waals surface area contributed by atoms with Crippen molar-refractivity contribution < 1.29 is 28.2 Å². The molecular formula is C9H7F3O3. The molecule has 0 aliphatic heterocycles. The summed E-state index contributed by atoms with van der Waals surface area (Å²) in [5.74, 6) is -1.34. The molecule has 0 spiro atoms. The van der Waals surface area contributed by atoms with Crippen molar-refractivity contribution in [3.05, 3.63) is 35.4 Å². The number of halogens is 3. The van der Waals surface area contributed by atoms with Gasteiger partial charge in [-0.05, 0) is 17.7 Å². The van der Waals surface area contributed by atoms with Crippen molar-refractivity contribution in [3.63, 3.8) is 0 Å². The largest absolute Gasteiger partial charge is 0.478 e. The third-order valence-corrected chi connectivity index (χ3v) is 1.76. The highest BCUT2D eigenvalue weighted by Crippen LogP contribution is 2.32. The van der Waals surface area contributed by atoms with Crippen LogP contribution in [0.2, 0.25) is 0 Å². The number of carboxylic acids is 1. The molecule has 3 nitrogen and oxygen atoms in total. The summed E-state index contributed by atoms with van der Waals surface area (Å²) in [5.41, 5.74) is -0.779. The minimum absolute atomic E-state index is 0.296. The number of benzene rings is 1. The molecule has 0 aromatic heterocycles. The van der Waals surface area contributed by atoms with E-state index < -0.39 is 23.8 Å². The molecule has 0 aliphatic carbocycles. The summed E-state index contributed by atoms with van der Waals surface area (Å²) in [7, 11) is 0. The van der Waals surface area contributed by atoms with E-state index in [0.29, 0.717) is 0 Å². The Morgan fingerprint density at radius 2 is 1.93 bits per heavy atom. The molecule has 0 heterocycles. The summed E-state index contributed by atoms with van der Waals surface area (Å²) >= 11 is 0. The first kappa shape index (κ1) is 11.5. The maximum atomic E-state index is 12.1. The fraction of sp³-hybridized carbons (Fsp3) is 0.222. The van der Waals surface area contributed by atoms with E-state index in [1.54, 1.807) is 0 Å². The summed E-state index contributed by atoms with van der Waals surface area (Å²) in [6, 6.07) is 4.10. The Morgan fingerprint density at radius 3 is 2.40 bits per heavy atom. The first-order valence-electron chi connectivity index (χ1n) is 3.90. The number of hydrogen-bond acceptors (Lipinski definition) is 2. The lowest BCUT2D eigenvalue weighted by atomic mass is 10.1. The van der Waals surface area contributed by atoms with Crippen LogP contribution in [0.3, 0.4) is 0 Å². The summed E-state index contributed by atoms with van der Waals surface area (Å²) in [6.45, 7) is 0. The molecule has 0 bridgehead atoms. The molecule has 0 aliphatic rings. The fourth-order valence-corrected chi connectivity index (χ4v) is 1.03. The Labute approximate surface area is 82.8 Å². The lowest BCUT2D eigenvalue weighted by Crippen LogP contribution is -2.20. The lowest BCUT2D eigenvalue weighted by Gasteiger charge is -2.14. The molecule has 0 amide bonds. The van der Waals surface area contributed by atoms with Gasteiger partial charge >= 0.3 is 12.1 Å². The molecule has 2 N–H and O–H groups in total. The van der Waals surface area contributed by atoms with Gasteiger partial charge in [0, 0.05) is 0 Å². The number of aromatic carboxylic acids is 1.